The molecule has 12 heteroatoms. The van der Waals surface area contributed by atoms with Gasteiger partial charge in [0.2, 0.25) is 5.95 Å². The van der Waals surface area contributed by atoms with Gasteiger partial charge < -0.3 is 14.2 Å². The average molecular weight is 561 g/mol. The molecule has 2 aromatic heterocycles. The number of aromatic nitrogens is 4. The molecule has 2 aliphatic heterocycles. The second-order valence-corrected chi connectivity index (χ2v) is 11.4. The van der Waals surface area contributed by atoms with Gasteiger partial charge in [-0.1, -0.05) is 26.0 Å². The number of hydrogen-bond donors (Lipinski definition) is 2. The van der Waals surface area contributed by atoms with Gasteiger partial charge in [-0.05, 0) is 57.2 Å². The number of fused-ring (bicyclic) bond motifs is 1. The number of imidazole rings is 1. The van der Waals surface area contributed by atoms with Crippen LogP contribution in [0.15, 0.2) is 24.3 Å². The van der Waals surface area contributed by atoms with Crippen molar-refractivity contribution in [3.05, 3.63) is 41.2 Å². The van der Waals surface area contributed by atoms with Crippen LogP contribution in [0, 0.1) is 12.8 Å². The van der Waals surface area contributed by atoms with Crippen LogP contribution in [0.2, 0.25) is 0 Å². The number of nitrogen functional groups attached to an aromatic ring is 1. The Hall–Kier alpha value is -2.96. The molecule has 5 rings (SSSR count). The van der Waals surface area contributed by atoms with Gasteiger partial charge in [0, 0.05) is 37.8 Å². The second kappa shape index (κ2) is 11.1. The Balaban J connectivity index is 1.45. The van der Waals surface area contributed by atoms with Gasteiger partial charge in [-0.3, -0.25) is 10.3 Å². The molecule has 2 fully saturated rings. The number of nitrogens with zero attached hydrogens (tertiary/aromatic N) is 6. The minimum Gasteiger partial charge on any atom is -0.376 e. The maximum atomic E-state index is 13.2. The van der Waals surface area contributed by atoms with Crippen LogP contribution in [0.25, 0.3) is 11.2 Å². The van der Waals surface area contributed by atoms with Crippen molar-refractivity contribution in [1.82, 2.24) is 24.4 Å². The third-order valence-electron chi connectivity index (χ3n) is 8.18. The van der Waals surface area contributed by atoms with E-state index in [2.05, 4.69) is 52.5 Å². The molecule has 0 saturated carbocycles. The maximum Gasteiger partial charge on any atom is 0.416 e. The Morgan fingerprint density at radius 3 is 2.40 bits per heavy atom. The van der Waals surface area contributed by atoms with Crippen LogP contribution in [-0.4, -0.2) is 62.3 Å². The summed E-state index contributed by atoms with van der Waals surface area (Å²) >= 11 is 0. The van der Waals surface area contributed by atoms with E-state index in [4.69, 9.17) is 20.5 Å². The number of alkyl halides is 3. The highest BCUT2D eigenvalue weighted by molar-refractivity contribution is 5.85. The summed E-state index contributed by atoms with van der Waals surface area (Å²) < 4.78 is 47.5. The molecule has 9 nitrogen and oxygen atoms in total. The lowest BCUT2D eigenvalue weighted by Gasteiger charge is -2.49. The summed E-state index contributed by atoms with van der Waals surface area (Å²) in [5.74, 6) is 7.88. The number of ether oxygens (including phenoxy) is 1. The first kappa shape index (κ1) is 28.6. The van der Waals surface area contributed by atoms with Crippen LogP contribution in [-0.2, 0) is 17.5 Å². The van der Waals surface area contributed by atoms with Crippen molar-refractivity contribution in [1.29, 1.82) is 0 Å². The number of nitrogens with one attached hydrogen (secondary N) is 1. The fourth-order valence-corrected chi connectivity index (χ4v) is 6.24. The van der Waals surface area contributed by atoms with Gasteiger partial charge in [0.25, 0.3) is 0 Å². The second-order valence-electron chi connectivity index (χ2n) is 11.4. The SMILES string of the molecule is Cc1nc2c(N3C[C@@H](C)N(C(c4ccc(C(F)(F)F)cc4)C(C)C)C[C@@H]3C)nc(NN)nc2n1C[C@@H]1CCCO1. The lowest BCUT2D eigenvalue weighted by atomic mass is 9.90. The average Bonchev–Trinajstić information content (AvgIpc) is 3.53. The van der Waals surface area contributed by atoms with E-state index in [0.29, 0.717) is 25.6 Å². The van der Waals surface area contributed by atoms with Gasteiger partial charge in [0.15, 0.2) is 17.0 Å². The summed E-state index contributed by atoms with van der Waals surface area (Å²) in [6.07, 6.45) is -2.17. The fourth-order valence-electron chi connectivity index (χ4n) is 6.24. The van der Waals surface area contributed by atoms with E-state index in [-0.39, 0.29) is 30.1 Å². The molecule has 1 unspecified atom stereocenters. The molecule has 2 aliphatic rings. The van der Waals surface area contributed by atoms with E-state index in [1.807, 2.05) is 6.92 Å². The topological polar surface area (TPSA) is 97.4 Å². The predicted molar refractivity (Wildman–Crippen MR) is 149 cm³/mol. The Morgan fingerprint density at radius 1 is 1.07 bits per heavy atom. The van der Waals surface area contributed by atoms with E-state index in [9.17, 15) is 13.2 Å². The summed E-state index contributed by atoms with van der Waals surface area (Å²) in [5.41, 5.74) is 4.33. The van der Waals surface area contributed by atoms with Crippen molar-refractivity contribution >= 4 is 22.9 Å². The first-order valence-electron chi connectivity index (χ1n) is 14.0. The van der Waals surface area contributed by atoms with Crippen molar-refractivity contribution in [2.45, 2.75) is 84.4 Å². The molecule has 218 valence electrons. The largest absolute Gasteiger partial charge is 0.416 e. The van der Waals surface area contributed by atoms with E-state index in [0.717, 1.165) is 47.8 Å². The molecule has 0 amide bonds. The number of piperazine rings is 1. The van der Waals surface area contributed by atoms with E-state index >= 15 is 0 Å². The van der Waals surface area contributed by atoms with Gasteiger partial charge >= 0.3 is 6.18 Å². The molecular formula is C28H39F3N8O. The zero-order valence-corrected chi connectivity index (χ0v) is 23.7. The smallest absolute Gasteiger partial charge is 0.376 e. The number of anilines is 2. The molecular weight excluding hydrogens is 521 g/mol. The minimum absolute atomic E-state index is 0.0264. The number of aryl methyl sites for hydroxylation is 1. The molecule has 0 aliphatic carbocycles. The van der Waals surface area contributed by atoms with Crippen molar-refractivity contribution in [3.63, 3.8) is 0 Å². The molecule has 3 N–H and O–H groups in total. The third kappa shape index (κ3) is 5.48. The molecule has 4 atom stereocenters. The van der Waals surface area contributed by atoms with Crippen LogP contribution < -0.4 is 16.2 Å². The van der Waals surface area contributed by atoms with Crippen LogP contribution in [0.5, 0.6) is 0 Å². The molecule has 40 heavy (non-hydrogen) atoms. The van der Waals surface area contributed by atoms with Gasteiger partial charge in [0.1, 0.15) is 5.82 Å². The summed E-state index contributed by atoms with van der Waals surface area (Å²) in [6.45, 7) is 13.3. The molecule has 0 spiro atoms. The zero-order valence-electron chi connectivity index (χ0n) is 23.7. The summed E-state index contributed by atoms with van der Waals surface area (Å²) in [5, 5.41) is 0. The standard InChI is InChI=1S/C28H39F3N8O/c1-16(2)24(20-8-10-21(11-9-20)28(29,30)31)37-13-18(4)38(14-17(37)3)25-23-26(35-27(34-25)36-32)39(19(5)33-23)15-22-7-6-12-40-22/h8-11,16-18,22,24H,6-7,12-15,32H2,1-5H3,(H,34,35,36)/t17-,18+,22+,24?/m1/s1. The number of hydrogen-bond acceptors (Lipinski definition) is 8. The predicted octanol–water partition coefficient (Wildman–Crippen LogP) is 4.91. The van der Waals surface area contributed by atoms with Crippen molar-refractivity contribution in [2.75, 3.05) is 30.0 Å². The highest BCUT2D eigenvalue weighted by Crippen LogP contribution is 2.37. The number of halogens is 3. The number of hydrazine groups is 1. The van der Waals surface area contributed by atoms with Gasteiger partial charge in [-0.15, -0.1) is 0 Å². The Bertz CT molecular complexity index is 1320. The zero-order chi connectivity index (χ0) is 28.8. The summed E-state index contributed by atoms with van der Waals surface area (Å²) in [6, 6.07) is 5.73. The van der Waals surface area contributed by atoms with Crippen LogP contribution in [0.3, 0.4) is 0 Å². The van der Waals surface area contributed by atoms with Gasteiger partial charge in [-0.2, -0.15) is 23.1 Å². The summed E-state index contributed by atoms with van der Waals surface area (Å²) in [7, 11) is 0. The third-order valence-corrected chi connectivity index (χ3v) is 8.18. The lowest BCUT2D eigenvalue weighted by molar-refractivity contribution is -0.137. The Kier molecular flexibility index (Phi) is 7.95. The first-order valence-corrected chi connectivity index (χ1v) is 14.0. The van der Waals surface area contributed by atoms with Crippen LogP contribution in [0.1, 0.15) is 63.5 Å². The van der Waals surface area contributed by atoms with E-state index in [1.54, 1.807) is 12.1 Å². The number of nitrogens with two attached hydrogens (primary N) is 1. The Morgan fingerprint density at radius 2 is 1.80 bits per heavy atom. The van der Waals surface area contributed by atoms with Crippen molar-refractivity contribution in [3.8, 4) is 0 Å². The van der Waals surface area contributed by atoms with Crippen LogP contribution >= 0.6 is 0 Å². The summed E-state index contributed by atoms with van der Waals surface area (Å²) in [4.78, 5) is 19.0. The highest BCUT2D eigenvalue weighted by atomic mass is 19.4. The number of rotatable bonds is 7. The molecule has 0 radical (unpaired) electrons. The molecule has 4 heterocycles. The van der Waals surface area contributed by atoms with Gasteiger partial charge in [0.05, 0.1) is 18.2 Å². The molecule has 1 aromatic carbocycles. The Labute approximate surface area is 232 Å². The van der Waals surface area contributed by atoms with E-state index in [1.165, 1.54) is 12.1 Å². The molecule has 3 aromatic rings. The van der Waals surface area contributed by atoms with Gasteiger partial charge in [-0.25, -0.2) is 10.8 Å². The number of benzene rings is 1. The lowest BCUT2D eigenvalue weighted by Crippen LogP contribution is -2.58. The fraction of sp³-hybridized carbons (Fsp3) is 0.607. The molecule has 0 bridgehead atoms. The van der Waals surface area contributed by atoms with E-state index < -0.39 is 11.7 Å². The normalized spacial score (nSPS) is 23.4. The van der Waals surface area contributed by atoms with Crippen molar-refractivity contribution < 1.29 is 17.9 Å². The quantitative estimate of drug-likeness (QED) is 0.311. The van der Waals surface area contributed by atoms with Crippen molar-refractivity contribution in [2.24, 2.45) is 11.8 Å². The maximum absolute atomic E-state index is 13.2. The first-order chi connectivity index (χ1) is 19.0. The highest BCUT2D eigenvalue weighted by Gasteiger charge is 2.38. The minimum atomic E-state index is -4.35. The molecule has 2 saturated heterocycles. The van der Waals surface area contributed by atoms with Crippen LogP contribution in [0.4, 0.5) is 24.9 Å². The monoisotopic (exact) mass is 560 g/mol.